The fourth-order valence-electron chi connectivity index (χ4n) is 1.27. The predicted molar refractivity (Wildman–Crippen MR) is 59.0 cm³/mol. The highest BCUT2D eigenvalue weighted by Crippen LogP contribution is 2.32. The van der Waals surface area contributed by atoms with E-state index in [2.05, 4.69) is 9.97 Å². The summed E-state index contributed by atoms with van der Waals surface area (Å²) in [5, 5.41) is 0.506. The Kier molecular flexibility index (Phi) is 2.79. The average molecular weight is 282 g/mol. The first kappa shape index (κ1) is 12.2. The number of nitrogens with zero attached hydrogens (tertiary/aromatic N) is 2. The minimum absolute atomic E-state index is 0.000718. The van der Waals surface area contributed by atoms with Crippen LogP contribution in [0.4, 0.5) is 19.0 Å². The zero-order chi connectivity index (χ0) is 12.8. The molecule has 0 atom stereocenters. The quantitative estimate of drug-likeness (QED) is 0.804. The number of nitrogen functional groups attached to an aromatic ring is 1. The Hall–Kier alpha value is -1.27. The third-order valence-electron chi connectivity index (χ3n) is 2.02. The van der Waals surface area contributed by atoms with E-state index in [1.54, 1.807) is 0 Å². The number of aromatic nitrogens is 2. The average Bonchev–Trinajstić information content (AvgIpc) is 2.19. The SMILES string of the molecule is Nc1nc(C(F)(F)F)nc2cc(Cl)c(Cl)cc12. The molecule has 0 fully saturated rings. The second-order valence-corrected chi connectivity index (χ2v) is 4.03. The van der Waals surface area contributed by atoms with Crippen LogP contribution < -0.4 is 5.73 Å². The van der Waals surface area contributed by atoms with Crippen molar-refractivity contribution in [3.8, 4) is 0 Å². The van der Waals surface area contributed by atoms with Gasteiger partial charge in [0.1, 0.15) is 5.82 Å². The number of rotatable bonds is 0. The third kappa shape index (κ3) is 2.23. The van der Waals surface area contributed by atoms with Crippen molar-refractivity contribution < 1.29 is 13.2 Å². The highest BCUT2D eigenvalue weighted by molar-refractivity contribution is 6.42. The van der Waals surface area contributed by atoms with Gasteiger partial charge in [-0.3, -0.25) is 0 Å². The molecule has 0 amide bonds. The maximum Gasteiger partial charge on any atom is 0.451 e. The Morgan fingerprint density at radius 2 is 1.65 bits per heavy atom. The number of hydrogen-bond donors (Lipinski definition) is 1. The molecule has 3 nitrogen and oxygen atoms in total. The molecule has 2 aromatic rings. The molecule has 0 aliphatic carbocycles. The van der Waals surface area contributed by atoms with Crippen LogP contribution in [-0.2, 0) is 6.18 Å². The van der Waals surface area contributed by atoms with Gasteiger partial charge >= 0.3 is 6.18 Å². The lowest BCUT2D eigenvalue weighted by Gasteiger charge is -2.08. The monoisotopic (exact) mass is 281 g/mol. The van der Waals surface area contributed by atoms with Gasteiger partial charge in [0.15, 0.2) is 0 Å². The minimum atomic E-state index is -4.66. The first-order chi connectivity index (χ1) is 7.79. The van der Waals surface area contributed by atoms with Crippen LogP contribution in [0.5, 0.6) is 0 Å². The van der Waals surface area contributed by atoms with Crippen molar-refractivity contribution in [2.24, 2.45) is 0 Å². The molecule has 90 valence electrons. The first-order valence-electron chi connectivity index (χ1n) is 4.28. The highest BCUT2D eigenvalue weighted by Gasteiger charge is 2.35. The van der Waals surface area contributed by atoms with Gasteiger partial charge in [-0.25, -0.2) is 9.97 Å². The van der Waals surface area contributed by atoms with Gasteiger partial charge in [0, 0.05) is 5.39 Å². The van der Waals surface area contributed by atoms with Crippen LogP contribution in [0.15, 0.2) is 12.1 Å². The molecule has 2 N–H and O–H groups in total. The second-order valence-electron chi connectivity index (χ2n) is 3.21. The van der Waals surface area contributed by atoms with E-state index < -0.39 is 12.0 Å². The molecule has 0 bridgehead atoms. The Morgan fingerprint density at radius 1 is 1.06 bits per heavy atom. The molecule has 0 unspecified atom stereocenters. The lowest BCUT2D eigenvalue weighted by Crippen LogP contribution is -2.12. The molecule has 8 heteroatoms. The summed E-state index contributed by atoms with van der Waals surface area (Å²) in [5.74, 6) is -1.60. The van der Waals surface area contributed by atoms with E-state index in [1.165, 1.54) is 12.1 Å². The van der Waals surface area contributed by atoms with Crippen molar-refractivity contribution in [3.63, 3.8) is 0 Å². The summed E-state index contributed by atoms with van der Waals surface area (Å²) in [5.41, 5.74) is 5.42. The van der Waals surface area contributed by atoms with Crippen molar-refractivity contribution in [2.45, 2.75) is 6.18 Å². The van der Waals surface area contributed by atoms with E-state index in [0.29, 0.717) is 0 Å². The van der Waals surface area contributed by atoms with Crippen LogP contribution in [0.2, 0.25) is 10.0 Å². The number of hydrogen-bond acceptors (Lipinski definition) is 3. The largest absolute Gasteiger partial charge is 0.451 e. The molecular weight excluding hydrogens is 278 g/mol. The Bertz CT molecular complexity index is 598. The molecule has 1 aromatic heterocycles. The van der Waals surface area contributed by atoms with Crippen LogP contribution in [0.3, 0.4) is 0 Å². The van der Waals surface area contributed by atoms with Crippen LogP contribution in [0, 0.1) is 0 Å². The number of benzene rings is 1. The fraction of sp³-hybridized carbons (Fsp3) is 0.111. The van der Waals surface area contributed by atoms with E-state index in [-0.39, 0.29) is 26.8 Å². The molecule has 0 saturated heterocycles. The molecular formula is C9H4Cl2F3N3. The summed E-state index contributed by atoms with van der Waals surface area (Å²) in [6.45, 7) is 0. The molecule has 17 heavy (non-hydrogen) atoms. The summed E-state index contributed by atoms with van der Waals surface area (Å²) in [6.07, 6.45) is -4.66. The Balaban J connectivity index is 2.78. The summed E-state index contributed by atoms with van der Waals surface area (Å²) < 4.78 is 37.3. The van der Waals surface area contributed by atoms with E-state index in [0.717, 1.165) is 0 Å². The molecule has 0 aliphatic heterocycles. The number of nitrogens with two attached hydrogens (primary N) is 1. The van der Waals surface area contributed by atoms with Gasteiger partial charge in [0.25, 0.3) is 0 Å². The molecule has 0 spiro atoms. The van der Waals surface area contributed by atoms with E-state index in [1.807, 2.05) is 0 Å². The molecule has 1 aromatic carbocycles. The third-order valence-corrected chi connectivity index (χ3v) is 2.74. The highest BCUT2D eigenvalue weighted by atomic mass is 35.5. The molecule has 0 saturated carbocycles. The predicted octanol–water partition coefficient (Wildman–Crippen LogP) is 3.54. The van der Waals surface area contributed by atoms with Crippen molar-refractivity contribution in [1.82, 2.24) is 9.97 Å². The van der Waals surface area contributed by atoms with Gasteiger partial charge < -0.3 is 5.73 Å². The van der Waals surface area contributed by atoms with E-state index >= 15 is 0 Å². The summed E-state index contributed by atoms with van der Waals surface area (Å²) >= 11 is 11.4. The van der Waals surface area contributed by atoms with Gasteiger partial charge in [-0.15, -0.1) is 0 Å². The lowest BCUT2D eigenvalue weighted by atomic mass is 10.2. The summed E-state index contributed by atoms with van der Waals surface area (Å²) in [6, 6.07) is 2.54. The zero-order valence-electron chi connectivity index (χ0n) is 8.02. The Labute approximate surface area is 103 Å². The number of alkyl halides is 3. The normalized spacial score (nSPS) is 12.1. The van der Waals surface area contributed by atoms with Crippen molar-refractivity contribution in [3.05, 3.63) is 28.0 Å². The maximum atomic E-state index is 12.4. The standard InChI is InChI=1S/C9H4Cl2F3N3/c10-4-1-3-6(2-5(4)11)16-8(9(12,13)14)17-7(3)15/h1-2H,(H2,15,16,17). The minimum Gasteiger partial charge on any atom is -0.383 e. The number of anilines is 1. The van der Waals surface area contributed by atoms with Crippen molar-refractivity contribution in [2.75, 3.05) is 5.73 Å². The topological polar surface area (TPSA) is 51.8 Å². The van der Waals surface area contributed by atoms with Crippen molar-refractivity contribution in [1.29, 1.82) is 0 Å². The van der Waals surface area contributed by atoms with Gasteiger partial charge in [0.2, 0.25) is 5.82 Å². The Morgan fingerprint density at radius 3 is 2.24 bits per heavy atom. The zero-order valence-corrected chi connectivity index (χ0v) is 9.53. The first-order valence-corrected chi connectivity index (χ1v) is 5.04. The molecule has 1 heterocycles. The molecule has 2 rings (SSSR count). The van der Waals surface area contributed by atoms with Gasteiger partial charge in [-0.05, 0) is 12.1 Å². The molecule has 0 radical (unpaired) electrons. The van der Waals surface area contributed by atoms with Crippen molar-refractivity contribution >= 4 is 39.9 Å². The van der Waals surface area contributed by atoms with Gasteiger partial charge in [0.05, 0.1) is 15.6 Å². The van der Waals surface area contributed by atoms with Gasteiger partial charge in [-0.2, -0.15) is 13.2 Å². The van der Waals surface area contributed by atoms with Crippen LogP contribution in [-0.4, -0.2) is 9.97 Å². The number of fused-ring (bicyclic) bond motifs is 1. The fourth-order valence-corrected chi connectivity index (χ4v) is 1.60. The smallest absolute Gasteiger partial charge is 0.383 e. The van der Waals surface area contributed by atoms with E-state index in [9.17, 15) is 13.2 Å². The van der Waals surface area contributed by atoms with Crippen LogP contribution in [0.1, 0.15) is 5.82 Å². The van der Waals surface area contributed by atoms with E-state index in [4.69, 9.17) is 28.9 Å². The van der Waals surface area contributed by atoms with Crippen LogP contribution in [0.25, 0.3) is 10.9 Å². The van der Waals surface area contributed by atoms with Crippen LogP contribution >= 0.6 is 23.2 Å². The number of halogens is 5. The summed E-state index contributed by atoms with van der Waals surface area (Å²) in [7, 11) is 0. The molecule has 0 aliphatic rings. The summed E-state index contributed by atoms with van der Waals surface area (Å²) in [4.78, 5) is 6.53. The van der Waals surface area contributed by atoms with Gasteiger partial charge in [-0.1, -0.05) is 23.2 Å². The maximum absolute atomic E-state index is 12.4. The lowest BCUT2D eigenvalue weighted by molar-refractivity contribution is -0.144. The second kappa shape index (κ2) is 3.89.